The molecule has 1 aromatic rings. The van der Waals surface area contributed by atoms with Crippen LogP contribution in [-0.2, 0) is 9.53 Å². The second-order valence-corrected chi connectivity index (χ2v) is 4.84. The number of aliphatic hydroxyl groups is 1. The smallest absolute Gasteiger partial charge is 0.330 e. The Bertz CT molecular complexity index is 522. The van der Waals surface area contributed by atoms with Gasteiger partial charge < -0.3 is 14.6 Å². The minimum atomic E-state index is -0.900. The molecule has 0 aliphatic rings. The number of hydrogen-bond acceptors (Lipinski definition) is 4. The van der Waals surface area contributed by atoms with Gasteiger partial charge in [0.25, 0.3) is 0 Å². The molecule has 108 valence electrons. The minimum Gasteiger partial charge on any atom is -0.496 e. The van der Waals surface area contributed by atoms with Crippen molar-refractivity contribution in [2.24, 2.45) is 0 Å². The van der Waals surface area contributed by atoms with Crippen LogP contribution in [0, 0.1) is 0 Å². The molecule has 1 N–H and O–H groups in total. The molecule has 0 aliphatic heterocycles. The maximum Gasteiger partial charge on any atom is 0.330 e. The Hall–Kier alpha value is -2.07. The van der Waals surface area contributed by atoms with Crippen molar-refractivity contribution < 1.29 is 19.4 Å². The van der Waals surface area contributed by atoms with Crippen LogP contribution >= 0.6 is 0 Å². The zero-order valence-corrected chi connectivity index (χ0v) is 12.2. The first-order chi connectivity index (χ1) is 9.35. The van der Waals surface area contributed by atoms with E-state index in [0.29, 0.717) is 5.75 Å². The molecule has 1 rings (SSSR count). The van der Waals surface area contributed by atoms with Crippen molar-refractivity contribution in [3.8, 4) is 5.75 Å². The molecule has 0 spiro atoms. The van der Waals surface area contributed by atoms with Crippen molar-refractivity contribution in [2.75, 3.05) is 14.2 Å². The van der Waals surface area contributed by atoms with E-state index in [9.17, 15) is 9.90 Å². The molecule has 20 heavy (non-hydrogen) atoms. The second kappa shape index (κ2) is 6.91. The molecule has 0 amide bonds. The number of benzene rings is 1. The van der Waals surface area contributed by atoms with Crippen LogP contribution < -0.4 is 4.74 Å². The van der Waals surface area contributed by atoms with Gasteiger partial charge in [0, 0.05) is 11.6 Å². The van der Waals surface area contributed by atoms with E-state index in [1.807, 2.05) is 12.1 Å². The van der Waals surface area contributed by atoms with Crippen LogP contribution in [0.1, 0.15) is 25.0 Å². The summed E-state index contributed by atoms with van der Waals surface area (Å²) in [5.74, 6) is 0.287. The van der Waals surface area contributed by atoms with Gasteiger partial charge in [-0.1, -0.05) is 18.2 Å². The molecule has 0 heterocycles. The van der Waals surface area contributed by atoms with Gasteiger partial charge in [0.2, 0.25) is 0 Å². The van der Waals surface area contributed by atoms with E-state index in [0.717, 1.165) is 11.1 Å². The van der Waals surface area contributed by atoms with Crippen LogP contribution in [0.15, 0.2) is 30.4 Å². The topological polar surface area (TPSA) is 55.8 Å². The quantitative estimate of drug-likeness (QED) is 0.663. The molecule has 4 nitrogen and oxygen atoms in total. The van der Waals surface area contributed by atoms with Crippen LogP contribution in [0.5, 0.6) is 5.75 Å². The van der Waals surface area contributed by atoms with Gasteiger partial charge in [-0.2, -0.15) is 0 Å². The Balaban J connectivity index is 3.06. The van der Waals surface area contributed by atoms with Crippen molar-refractivity contribution in [3.05, 3.63) is 41.5 Å². The van der Waals surface area contributed by atoms with E-state index in [4.69, 9.17) is 4.74 Å². The molecule has 0 unspecified atom stereocenters. The van der Waals surface area contributed by atoms with E-state index >= 15 is 0 Å². The van der Waals surface area contributed by atoms with Crippen LogP contribution in [0.25, 0.3) is 12.2 Å². The molecule has 0 saturated carbocycles. The van der Waals surface area contributed by atoms with Gasteiger partial charge in [0.1, 0.15) is 5.75 Å². The number of carbonyl (C=O) groups excluding carboxylic acids is 1. The van der Waals surface area contributed by atoms with Crippen LogP contribution in [0.4, 0.5) is 0 Å². The first kappa shape index (κ1) is 16.0. The predicted octanol–water partition coefficient (Wildman–Crippen LogP) is 2.67. The molecule has 0 bridgehead atoms. The van der Waals surface area contributed by atoms with Gasteiger partial charge in [-0.15, -0.1) is 0 Å². The maximum atomic E-state index is 11.1. The second-order valence-electron chi connectivity index (χ2n) is 4.84. The summed E-state index contributed by atoms with van der Waals surface area (Å²) in [6, 6.07) is 5.50. The van der Waals surface area contributed by atoms with Crippen LogP contribution in [0.3, 0.4) is 0 Å². The average molecular weight is 276 g/mol. The van der Waals surface area contributed by atoms with Gasteiger partial charge in [-0.25, -0.2) is 4.79 Å². The number of esters is 1. The van der Waals surface area contributed by atoms with Crippen LogP contribution in [0.2, 0.25) is 0 Å². The fourth-order valence-electron chi connectivity index (χ4n) is 1.51. The number of hydrogen-bond donors (Lipinski definition) is 1. The average Bonchev–Trinajstić information content (AvgIpc) is 2.41. The molecule has 0 radical (unpaired) electrons. The Morgan fingerprint density at radius 3 is 2.50 bits per heavy atom. The normalized spacial score (nSPS) is 12.1. The minimum absolute atomic E-state index is 0.408. The lowest BCUT2D eigenvalue weighted by Crippen LogP contribution is -2.13. The molecular formula is C16H20O4. The summed E-state index contributed by atoms with van der Waals surface area (Å²) >= 11 is 0. The Morgan fingerprint density at radius 1 is 1.25 bits per heavy atom. The summed E-state index contributed by atoms with van der Waals surface area (Å²) in [5.41, 5.74) is 0.760. The SMILES string of the molecule is COC(=O)/C=C/c1ccc(OC)c(/C=C/C(C)(C)O)c1. The van der Waals surface area contributed by atoms with Crippen LogP contribution in [-0.4, -0.2) is 30.9 Å². The highest BCUT2D eigenvalue weighted by Gasteiger charge is 2.07. The van der Waals surface area contributed by atoms with E-state index < -0.39 is 11.6 Å². The first-order valence-electron chi connectivity index (χ1n) is 6.21. The monoisotopic (exact) mass is 276 g/mol. The molecule has 0 aliphatic carbocycles. The Kier molecular flexibility index (Phi) is 5.53. The Morgan fingerprint density at radius 2 is 1.95 bits per heavy atom. The van der Waals surface area contributed by atoms with Gasteiger partial charge in [-0.3, -0.25) is 0 Å². The van der Waals surface area contributed by atoms with Crippen molar-refractivity contribution in [1.82, 2.24) is 0 Å². The molecule has 0 aromatic heterocycles. The third-order valence-corrected chi connectivity index (χ3v) is 2.54. The lowest BCUT2D eigenvalue weighted by Gasteiger charge is -2.11. The summed E-state index contributed by atoms with van der Waals surface area (Å²) in [5, 5.41) is 9.72. The van der Waals surface area contributed by atoms with E-state index in [1.165, 1.54) is 13.2 Å². The molecular weight excluding hydrogens is 256 g/mol. The molecule has 0 saturated heterocycles. The fourth-order valence-corrected chi connectivity index (χ4v) is 1.51. The molecule has 0 fully saturated rings. The van der Waals surface area contributed by atoms with Crippen molar-refractivity contribution in [3.63, 3.8) is 0 Å². The van der Waals surface area contributed by atoms with Gasteiger partial charge >= 0.3 is 5.97 Å². The fraction of sp³-hybridized carbons (Fsp3) is 0.312. The first-order valence-corrected chi connectivity index (χ1v) is 6.21. The van der Waals surface area contributed by atoms with Crippen molar-refractivity contribution in [2.45, 2.75) is 19.4 Å². The summed E-state index contributed by atoms with van der Waals surface area (Å²) in [4.78, 5) is 11.1. The third-order valence-electron chi connectivity index (χ3n) is 2.54. The maximum absolute atomic E-state index is 11.1. The molecule has 4 heteroatoms. The summed E-state index contributed by atoms with van der Waals surface area (Å²) < 4.78 is 9.81. The summed E-state index contributed by atoms with van der Waals surface area (Å²) in [6.07, 6.45) is 6.48. The lowest BCUT2D eigenvalue weighted by molar-refractivity contribution is -0.134. The van der Waals surface area contributed by atoms with E-state index in [-0.39, 0.29) is 0 Å². The lowest BCUT2D eigenvalue weighted by atomic mass is 10.0. The van der Waals surface area contributed by atoms with Crippen molar-refractivity contribution >= 4 is 18.1 Å². The van der Waals surface area contributed by atoms with Gasteiger partial charge in [0.05, 0.1) is 19.8 Å². The van der Waals surface area contributed by atoms with Crippen molar-refractivity contribution in [1.29, 1.82) is 0 Å². The summed E-state index contributed by atoms with van der Waals surface area (Å²) in [7, 11) is 2.92. The molecule has 1 aromatic carbocycles. The highest BCUT2D eigenvalue weighted by atomic mass is 16.5. The Labute approximate surface area is 119 Å². The third kappa shape index (κ3) is 5.28. The summed E-state index contributed by atoms with van der Waals surface area (Å²) in [6.45, 7) is 3.38. The van der Waals surface area contributed by atoms with E-state index in [1.54, 1.807) is 45.3 Å². The highest BCUT2D eigenvalue weighted by Crippen LogP contribution is 2.23. The standard InChI is InChI=1S/C16H20O4/c1-16(2,18)10-9-13-11-12(5-7-14(13)19-3)6-8-15(17)20-4/h5-11,18H,1-4H3/b8-6+,10-9+. The van der Waals surface area contributed by atoms with E-state index in [2.05, 4.69) is 4.74 Å². The van der Waals surface area contributed by atoms with Gasteiger partial charge in [-0.05, 0) is 37.6 Å². The predicted molar refractivity (Wildman–Crippen MR) is 79.4 cm³/mol. The highest BCUT2D eigenvalue weighted by molar-refractivity contribution is 5.87. The number of rotatable bonds is 5. The number of methoxy groups -OCH3 is 2. The largest absolute Gasteiger partial charge is 0.496 e. The molecule has 0 atom stereocenters. The van der Waals surface area contributed by atoms with Gasteiger partial charge in [0.15, 0.2) is 0 Å². The zero-order chi connectivity index (χ0) is 15.2. The zero-order valence-electron chi connectivity index (χ0n) is 12.2. The number of ether oxygens (including phenoxy) is 2. The number of carbonyl (C=O) groups is 1.